The molecule has 5 rings (SSSR count). The summed E-state index contributed by atoms with van der Waals surface area (Å²) in [5.41, 5.74) is -0.499. The molecule has 0 spiro atoms. The summed E-state index contributed by atoms with van der Waals surface area (Å²) in [5.74, 6) is -4.97. The van der Waals surface area contributed by atoms with Crippen molar-refractivity contribution in [3.05, 3.63) is 94.5 Å². The van der Waals surface area contributed by atoms with Crippen LogP contribution in [0.4, 0.5) is 49.6 Å². The Bertz CT molecular complexity index is 2030. The van der Waals surface area contributed by atoms with Gasteiger partial charge in [-0.05, 0) is 85.5 Å². The van der Waals surface area contributed by atoms with E-state index >= 15 is 0 Å². The second-order valence-corrected chi connectivity index (χ2v) is 12.5. The minimum Gasteiger partial charge on any atom is -0.480 e. The van der Waals surface area contributed by atoms with Crippen molar-refractivity contribution in [2.75, 3.05) is 29.1 Å². The van der Waals surface area contributed by atoms with E-state index in [4.69, 9.17) is 16.3 Å². The molecule has 0 aliphatic heterocycles. The van der Waals surface area contributed by atoms with E-state index in [1.165, 1.54) is 24.3 Å². The SMILES string of the molecule is O=C(NCC[C@H](NC(=O)c1ccc(Nc2nc(NC3(c4ccc(Cl)cc4)CC3)nc(OCC(F)(F)F)n2)cc1)C(=O)O)C(=O)Nc1ccc(C(F)(F)F)cc1. The predicted molar refractivity (Wildman–Crippen MR) is 184 cm³/mol. The Kier molecular flexibility index (Phi) is 12.0. The Morgan fingerprint density at radius 2 is 1.44 bits per heavy atom. The van der Waals surface area contributed by atoms with Gasteiger partial charge >= 0.3 is 36.1 Å². The molecule has 1 saturated carbocycles. The number of hydrogen-bond donors (Lipinski definition) is 6. The first kappa shape index (κ1) is 40.0. The summed E-state index contributed by atoms with van der Waals surface area (Å²) in [6.07, 6.45) is -8.27. The van der Waals surface area contributed by atoms with Crippen LogP contribution in [0.25, 0.3) is 0 Å². The second kappa shape index (κ2) is 16.5. The quantitative estimate of drug-likeness (QED) is 0.0681. The molecule has 0 saturated heterocycles. The van der Waals surface area contributed by atoms with E-state index in [-0.39, 0.29) is 41.8 Å². The van der Waals surface area contributed by atoms with Crippen molar-refractivity contribution in [1.82, 2.24) is 25.6 Å². The second-order valence-electron chi connectivity index (χ2n) is 12.0. The van der Waals surface area contributed by atoms with Crippen molar-refractivity contribution in [1.29, 1.82) is 0 Å². The predicted octanol–water partition coefficient (Wildman–Crippen LogP) is 5.66. The lowest BCUT2D eigenvalue weighted by Gasteiger charge is -2.19. The first-order valence-electron chi connectivity index (χ1n) is 16.1. The summed E-state index contributed by atoms with van der Waals surface area (Å²) in [7, 11) is 0. The van der Waals surface area contributed by atoms with Gasteiger partial charge < -0.3 is 36.4 Å². The first-order chi connectivity index (χ1) is 25.9. The lowest BCUT2D eigenvalue weighted by Crippen LogP contribution is -2.44. The van der Waals surface area contributed by atoms with E-state index in [0.29, 0.717) is 30.0 Å². The van der Waals surface area contributed by atoms with E-state index in [1.54, 1.807) is 24.3 Å². The molecule has 1 atom stereocenters. The van der Waals surface area contributed by atoms with E-state index in [2.05, 4.69) is 41.5 Å². The molecule has 14 nitrogen and oxygen atoms in total. The van der Waals surface area contributed by atoms with Crippen LogP contribution in [0, 0.1) is 0 Å². The zero-order valence-electron chi connectivity index (χ0n) is 28.0. The number of carboxylic acids is 1. The van der Waals surface area contributed by atoms with Gasteiger partial charge in [-0.3, -0.25) is 14.4 Å². The summed E-state index contributed by atoms with van der Waals surface area (Å²) in [4.78, 5) is 61.2. The highest BCUT2D eigenvalue weighted by atomic mass is 35.5. The van der Waals surface area contributed by atoms with Gasteiger partial charge in [-0.15, -0.1) is 0 Å². The highest BCUT2D eigenvalue weighted by Gasteiger charge is 2.45. The molecule has 1 aromatic heterocycles. The van der Waals surface area contributed by atoms with Crippen LogP contribution in [-0.2, 0) is 26.1 Å². The molecule has 0 unspecified atom stereocenters. The topological polar surface area (TPSA) is 197 Å². The third-order valence-corrected chi connectivity index (χ3v) is 8.13. The van der Waals surface area contributed by atoms with Crippen molar-refractivity contribution >= 4 is 58.6 Å². The largest absolute Gasteiger partial charge is 0.480 e. The minimum atomic E-state index is -4.67. The first-order valence-corrected chi connectivity index (χ1v) is 16.4. The fraction of sp³-hybridized carbons (Fsp3) is 0.265. The molecule has 1 aliphatic rings. The van der Waals surface area contributed by atoms with Gasteiger partial charge in [-0.1, -0.05) is 23.7 Å². The number of amides is 3. The number of nitrogens with one attached hydrogen (secondary N) is 5. The molecular formula is C34H29ClF6N8O6. The van der Waals surface area contributed by atoms with Gasteiger partial charge in [0.05, 0.1) is 11.1 Å². The Hall–Kier alpha value is -6.18. The maximum atomic E-state index is 12.9. The molecule has 290 valence electrons. The molecule has 0 radical (unpaired) electrons. The number of carbonyl (C=O) groups excluding carboxylic acids is 3. The van der Waals surface area contributed by atoms with Crippen molar-refractivity contribution in [2.45, 2.75) is 43.2 Å². The number of benzene rings is 3. The zero-order chi connectivity index (χ0) is 40.0. The summed E-state index contributed by atoms with van der Waals surface area (Å²) >= 11 is 6.00. The maximum Gasteiger partial charge on any atom is 0.422 e. The zero-order valence-corrected chi connectivity index (χ0v) is 28.8. The third-order valence-electron chi connectivity index (χ3n) is 7.88. The van der Waals surface area contributed by atoms with Crippen LogP contribution >= 0.6 is 11.6 Å². The number of anilines is 4. The van der Waals surface area contributed by atoms with Crippen LogP contribution in [0.15, 0.2) is 72.8 Å². The number of ether oxygens (including phenoxy) is 1. The molecule has 3 amide bonds. The Morgan fingerprint density at radius 1 is 0.818 bits per heavy atom. The van der Waals surface area contributed by atoms with Gasteiger partial charge in [0.25, 0.3) is 5.91 Å². The number of carbonyl (C=O) groups is 4. The molecule has 55 heavy (non-hydrogen) atoms. The smallest absolute Gasteiger partial charge is 0.422 e. The summed E-state index contributed by atoms with van der Waals surface area (Å²) in [6, 6.07) is 13.6. The molecule has 4 aromatic rings. The van der Waals surface area contributed by atoms with Crippen molar-refractivity contribution < 1.29 is 55.4 Å². The number of carboxylic acid groups (broad SMARTS) is 1. The van der Waals surface area contributed by atoms with E-state index < -0.39 is 65.8 Å². The number of hydrogen-bond acceptors (Lipinski definition) is 10. The normalized spacial score (nSPS) is 13.9. The number of aromatic nitrogens is 3. The number of halogens is 7. The average Bonchev–Trinajstić information content (AvgIpc) is 3.90. The fourth-order valence-electron chi connectivity index (χ4n) is 4.95. The summed E-state index contributed by atoms with van der Waals surface area (Å²) in [6.45, 7) is -2.04. The molecule has 3 aromatic carbocycles. The van der Waals surface area contributed by atoms with Crippen LogP contribution in [0.3, 0.4) is 0 Å². The molecule has 1 aliphatic carbocycles. The maximum absolute atomic E-state index is 12.9. The van der Waals surface area contributed by atoms with Crippen LogP contribution in [0.1, 0.15) is 40.7 Å². The number of aliphatic carboxylic acids is 1. The van der Waals surface area contributed by atoms with Crippen LogP contribution in [0.2, 0.25) is 5.02 Å². The van der Waals surface area contributed by atoms with E-state index in [9.17, 15) is 50.6 Å². The molecule has 1 fully saturated rings. The number of alkyl halides is 6. The van der Waals surface area contributed by atoms with Crippen molar-refractivity contribution in [3.63, 3.8) is 0 Å². The summed E-state index contributed by atoms with van der Waals surface area (Å²) < 4.78 is 81.7. The standard InChI is InChI=1S/C34H29ClF6N8O6/c35-21-7-3-19(4-8-21)32(14-15-32)49-30-46-29(47-31(48-30)55-17-33(36,37)38)44-23-9-1-18(2-10-23)25(50)45-24(28(53)54)13-16-42-26(51)27(52)43-22-11-5-20(6-12-22)34(39,40)41/h1-12,24H,13-17H2,(H,42,51)(H,43,52)(H,45,50)(H,53,54)(H2,44,46,47,48,49)/t24-/m0/s1. The molecule has 6 N–H and O–H groups in total. The molecule has 0 bridgehead atoms. The Morgan fingerprint density at radius 3 is 2.02 bits per heavy atom. The van der Waals surface area contributed by atoms with Gasteiger partial charge in [0, 0.05) is 28.5 Å². The molecular weight excluding hydrogens is 766 g/mol. The van der Waals surface area contributed by atoms with Crippen LogP contribution in [-0.4, -0.2) is 69.1 Å². The van der Waals surface area contributed by atoms with Gasteiger partial charge in [0.15, 0.2) is 6.61 Å². The number of rotatable bonds is 14. The van der Waals surface area contributed by atoms with E-state index in [0.717, 1.165) is 17.7 Å². The lowest BCUT2D eigenvalue weighted by atomic mass is 10.1. The monoisotopic (exact) mass is 794 g/mol. The molecule has 1 heterocycles. The fourth-order valence-corrected chi connectivity index (χ4v) is 5.07. The van der Waals surface area contributed by atoms with Crippen molar-refractivity contribution in [2.24, 2.45) is 0 Å². The molecule has 21 heteroatoms. The number of nitrogens with zero attached hydrogens (tertiary/aromatic N) is 3. The van der Waals surface area contributed by atoms with E-state index in [1.807, 2.05) is 0 Å². The lowest BCUT2D eigenvalue weighted by molar-refractivity contribution is -0.154. The highest BCUT2D eigenvalue weighted by Crippen LogP contribution is 2.48. The van der Waals surface area contributed by atoms with Gasteiger partial charge in [-0.25, -0.2) is 4.79 Å². The Labute approximate surface area is 312 Å². The highest BCUT2D eigenvalue weighted by molar-refractivity contribution is 6.39. The van der Waals surface area contributed by atoms with Crippen LogP contribution < -0.4 is 31.3 Å². The van der Waals surface area contributed by atoms with Gasteiger partial charge in [-0.2, -0.15) is 41.3 Å². The van der Waals surface area contributed by atoms with Gasteiger partial charge in [0.2, 0.25) is 11.9 Å². The van der Waals surface area contributed by atoms with Crippen molar-refractivity contribution in [3.8, 4) is 6.01 Å². The minimum absolute atomic E-state index is 0.00240. The average molecular weight is 795 g/mol. The summed E-state index contributed by atoms with van der Waals surface area (Å²) in [5, 5.41) is 22.6. The third kappa shape index (κ3) is 11.4. The van der Waals surface area contributed by atoms with Crippen LogP contribution in [0.5, 0.6) is 6.01 Å². The van der Waals surface area contributed by atoms with Gasteiger partial charge in [0.1, 0.15) is 6.04 Å². The Balaban J connectivity index is 1.17.